The molecule has 0 aromatic heterocycles. The van der Waals surface area contributed by atoms with Crippen molar-refractivity contribution < 1.29 is 9.53 Å². The van der Waals surface area contributed by atoms with Crippen molar-refractivity contribution in [2.24, 2.45) is 16.6 Å². The minimum atomic E-state index is -0.169. The molecule has 5 nitrogen and oxygen atoms in total. The molecule has 17 heavy (non-hydrogen) atoms. The van der Waals surface area contributed by atoms with E-state index in [2.05, 4.69) is 28.9 Å². The van der Waals surface area contributed by atoms with Crippen LogP contribution in [-0.4, -0.2) is 32.1 Å². The molecule has 0 spiro atoms. The fourth-order valence-corrected chi connectivity index (χ4v) is 1.23. The molecule has 0 unspecified atom stereocenters. The highest BCUT2D eigenvalue weighted by Crippen LogP contribution is 1.98. The van der Waals surface area contributed by atoms with Crippen molar-refractivity contribution >= 4 is 11.9 Å². The van der Waals surface area contributed by atoms with E-state index in [0.717, 1.165) is 25.8 Å². The van der Waals surface area contributed by atoms with Gasteiger partial charge in [0.1, 0.15) is 0 Å². The third kappa shape index (κ3) is 11.0. The maximum Gasteiger partial charge on any atom is 0.305 e. The Kier molecular flexibility index (Phi) is 9.19. The molecular formula is C12H25N3O2. The Hall–Kier alpha value is -1.26. The molecule has 0 saturated carbocycles. The van der Waals surface area contributed by atoms with Gasteiger partial charge in [-0.3, -0.25) is 9.79 Å². The first-order chi connectivity index (χ1) is 8.06. The summed E-state index contributed by atoms with van der Waals surface area (Å²) >= 11 is 0. The summed E-state index contributed by atoms with van der Waals surface area (Å²) < 4.78 is 4.54. The van der Waals surface area contributed by atoms with Gasteiger partial charge in [0, 0.05) is 19.5 Å². The molecule has 3 N–H and O–H groups in total. The van der Waals surface area contributed by atoms with Crippen LogP contribution in [0, 0.1) is 5.92 Å². The van der Waals surface area contributed by atoms with E-state index in [0.29, 0.717) is 24.8 Å². The van der Waals surface area contributed by atoms with Gasteiger partial charge in [0.15, 0.2) is 5.96 Å². The van der Waals surface area contributed by atoms with Crippen molar-refractivity contribution in [2.75, 3.05) is 20.2 Å². The molecule has 0 radical (unpaired) electrons. The summed E-state index contributed by atoms with van der Waals surface area (Å²) in [5.74, 6) is 0.982. The number of esters is 1. The molecule has 0 amide bonds. The monoisotopic (exact) mass is 243 g/mol. The quantitative estimate of drug-likeness (QED) is 0.291. The average Bonchev–Trinajstić information content (AvgIpc) is 2.27. The second-order valence-corrected chi connectivity index (χ2v) is 4.41. The number of unbranched alkanes of at least 4 members (excludes halogenated alkanes) is 1. The van der Waals surface area contributed by atoms with Crippen LogP contribution in [0.4, 0.5) is 0 Å². The van der Waals surface area contributed by atoms with Crippen LogP contribution in [0.3, 0.4) is 0 Å². The number of ether oxygens (including phenoxy) is 1. The standard InChI is InChI=1S/C12H25N3O2/c1-10(2)7-9-15-12(13)14-8-5-4-6-11(16)17-3/h10H,4-9H2,1-3H3,(H3,13,14,15). The number of nitrogens with zero attached hydrogens (tertiary/aromatic N) is 1. The molecule has 100 valence electrons. The maximum absolute atomic E-state index is 10.8. The van der Waals surface area contributed by atoms with E-state index in [1.165, 1.54) is 7.11 Å². The number of hydrogen-bond acceptors (Lipinski definition) is 3. The summed E-state index contributed by atoms with van der Waals surface area (Å²) in [6.45, 7) is 5.84. The van der Waals surface area contributed by atoms with Crippen LogP contribution >= 0.6 is 0 Å². The molecule has 5 heteroatoms. The van der Waals surface area contributed by atoms with Crippen LogP contribution in [0.5, 0.6) is 0 Å². The van der Waals surface area contributed by atoms with Crippen LogP contribution < -0.4 is 11.1 Å². The van der Waals surface area contributed by atoms with Crippen molar-refractivity contribution in [1.82, 2.24) is 5.32 Å². The molecular weight excluding hydrogens is 218 g/mol. The van der Waals surface area contributed by atoms with E-state index in [-0.39, 0.29) is 5.97 Å². The highest BCUT2D eigenvalue weighted by molar-refractivity contribution is 5.77. The van der Waals surface area contributed by atoms with Gasteiger partial charge in [-0.1, -0.05) is 13.8 Å². The Labute approximate surface area is 104 Å². The molecule has 0 aromatic carbocycles. The minimum absolute atomic E-state index is 0.169. The van der Waals surface area contributed by atoms with Gasteiger partial charge in [-0.2, -0.15) is 0 Å². The molecule has 0 saturated heterocycles. The van der Waals surface area contributed by atoms with E-state index in [1.54, 1.807) is 0 Å². The van der Waals surface area contributed by atoms with Crippen molar-refractivity contribution in [3.8, 4) is 0 Å². The van der Waals surface area contributed by atoms with Gasteiger partial charge in [-0.15, -0.1) is 0 Å². The fourth-order valence-electron chi connectivity index (χ4n) is 1.23. The van der Waals surface area contributed by atoms with Gasteiger partial charge in [0.05, 0.1) is 7.11 Å². The normalized spacial score (nSPS) is 11.6. The number of rotatable bonds is 8. The van der Waals surface area contributed by atoms with E-state index in [1.807, 2.05) is 0 Å². The van der Waals surface area contributed by atoms with E-state index >= 15 is 0 Å². The third-order valence-electron chi connectivity index (χ3n) is 2.33. The number of hydrogen-bond donors (Lipinski definition) is 2. The predicted molar refractivity (Wildman–Crippen MR) is 69.8 cm³/mol. The van der Waals surface area contributed by atoms with Gasteiger partial charge in [-0.05, 0) is 25.2 Å². The number of nitrogens with two attached hydrogens (primary N) is 1. The maximum atomic E-state index is 10.8. The summed E-state index contributed by atoms with van der Waals surface area (Å²) in [6.07, 6.45) is 3.17. The summed E-state index contributed by atoms with van der Waals surface area (Å²) in [4.78, 5) is 15.0. The molecule has 0 aliphatic rings. The zero-order valence-corrected chi connectivity index (χ0v) is 11.2. The molecule has 0 atom stereocenters. The first kappa shape index (κ1) is 15.7. The van der Waals surface area contributed by atoms with Gasteiger partial charge in [-0.25, -0.2) is 0 Å². The van der Waals surface area contributed by atoms with Crippen molar-refractivity contribution in [3.63, 3.8) is 0 Å². The van der Waals surface area contributed by atoms with Crippen LogP contribution in [0.1, 0.15) is 39.5 Å². The van der Waals surface area contributed by atoms with Crippen molar-refractivity contribution in [2.45, 2.75) is 39.5 Å². The third-order valence-corrected chi connectivity index (χ3v) is 2.33. The Morgan fingerprint density at radius 3 is 2.71 bits per heavy atom. The van der Waals surface area contributed by atoms with Gasteiger partial charge in [0.2, 0.25) is 0 Å². The molecule has 0 fully saturated rings. The summed E-state index contributed by atoms with van der Waals surface area (Å²) in [6, 6.07) is 0. The summed E-state index contributed by atoms with van der Waals surface area (Å²) in [7, 11) is 1.40. The Morgan fingerprint density at radius 2 is 2.12 bits per heavy atom. The van der Waals surface area contributed by atoms with Crippen LogP contribution in [0.2, 0.25) is 0 Å². The summed E-state index contributed by atoms with van der Waals surface area (Å²) in [5.41, 5.74) is 5.68. The zero-order valence-electron chi connectivity index (χ0n) is 11.2. The Bertz CT molecular complexity index is 240. The lowest BCUT2D eigenvalue weighted by Gasteiger charge is -2.07. The highest BCUT2D eigenvalue weighted by atomic mass is 16.5. The molecule has 0 aromatic rings. The van der Waals surface area contributed by atoms with E-state index in [9.17, 15) is 4.79 Å². The molecule has 0 aliphatic carbocycles. The van der Waals surface area contributed by atoms with Crippen molar-refractivity contribution in [1.29, 1.82) is 0 Å². The molecule has 0 bridgehead atoms. The second kappa shape index (κ2) is 9.93. The predicted octanol–water partition coefficient (Wildman–Crippen LogP) is 1.28. The minimum Gasteiger partial charge on any atom is -0.469 e. The molecule has 0 rings (SSSR count). The number of carbonyl (C=O) groups excluding carboxylic acids is 1. The van der Waals surface area contributed by atoms with Gasteiger partial charge >= 0.3 is 5.97 Å². The lowest BCUT2D eigenvalue weighted by Crippen LogP contribution is -2.33. The number of nitrogens with one attached hydrogen (secondary N) is 1. The fraction of sp³-hybridized carbons (Fsp3) is 0.833. The number of carbonyl (C=O) groups is 1. The topological polar surface area (TPSA) is 76.7 Å². The van der Waals surface area contributed by atoms with Crippen molar-refractivity contribution in [3.05, 3.63) is 0 Å². The largest absolute Gasteiger partial charge is 0.469 e. The lowest BCUT2D eigenvalue weighted by molar-refractivity contribution is -0.140. The summed E-state index contributed by atoms with van der Waals surface area (Å²) in [5, 5.41) is 3.06. The molecule has 0 aliphatic heterocycles. The second-order valence-electron chi connectivity index (χ2n) is 4.41. The van der Waals surface area contributed by atoms with Crippen LogP contribution in [0.15, 0.2) is 4.99 Å². The zero-order chi connectivity index (χ0) is 13.1. The van der Waals surface area contributed by atoms with Gasteiger partial charge in [0.25, 0.3) is 0 Å². The number of methoxy groups -OCH3 is 1. The highest BCUT2D eigenvalue weighted by Gasteiger charge is 1.99. The molecule has 0 heterocycles. The Balaban J connectivity index is 3.46. The van der Waals surface area contributed by atoms with Crippen LogP contribution in [-0.2, 0) is 9.53 Å². The number of guanidine groups is 1. The smallest absolute Gasteiger partial charge is 0.305 e. The lowest BCUT2D eigenvalue weighted by atomic mass is 10.1. The van der Waals surface area contributed by atoms with Gasteiger partial charge < -0.3 is 15.8 Å². The van der Waals surface area contributed by atoms with Crippen LogP contribution in [0.25, 0.3) is 0 Å². The SMILES string of the molecule is COC(=O)CCCCN=C(N)NCCC(C)C. The first-order valence-corrected chi connectivity index (χ1v) is 6.17. The number of aliphatic imine (C=N–C) groups is 1. The van der Waals surface area contributed by atoms with E-state index in [4.69, 9.17) is 5.73 Å². The van der Waals surface area contributed by atoms with E-state index < -0.39 is 0 Å². The average molecular weight is 243 g/mol. The Morgan fingerprint density at radius 1 is 1.41 bits per heavy atom. The first-order valence-electron chi connectivity index (χ1n) is 6.17.